The Morgan fingerprint density at radius 3 is 1.32 bits per heavy atom. The van der Waals surface area contributed by atoms with Crippen molar-refractivity contribution in [2.45, 2.75) is 39.5 Å². The molecule has 0 amide bonds. The Labute approximate surface area is 346 Å². The molecule has 0 fully saturated rings. The van der Waals surface area contributed by atoms with Gasteiger partial charge >= 0.3 is 0 Å². The summed E-state index contributed by atoms with van der Waals surface area (Å²) in [6, 6.07) is 24.7. The molecule has 0 aliphatic rings. The van der Waals surface area contributed by atoms with Gasteiger partial charge in [-0.2, -0.15) is 10.2 Å². The van der Waals surface area contributed by atoms with E-state index in [2.05, 4.69) is 40.3 Å². The highest BCUT2D eigenvalue weighted by molar-refractivity contribution is 5.70. The number of halogens is 2. The predicted octanol–water partition coefficient (Wildman–Crippen LogP) is 9.54. The van der Waals surface area contributed by atoms with E-state index >= 15 is 0 Å². The molecule has 0 aliphatic carbocycles. The molecule has 8 rings (SSSR count). The smallest absolute Gasteiger partial charge is 0.173 e. The number of rotatable bonds is 12. The number of methoxy groups -OCH3 is 2. The first-order chi connectivity index (χ1) is 29.1. The van der Waals surface area contributed by atoms with Crippen molar-refractivity contribution in [2.24, 2.45) is 0 Å². The summed E-state index contributed by atoms with van der Waals surface area (Å²) >= 11 is 0. The molecule has 12 nitrogen and oxygen atoms in total. The van der Waals surface area contributed by atoms with Crippen LogP contribution in [-0.2, 0) is 0 Å². The fourth-order valence-corrected chi connectivity index (χ4v) is 6.40. The molecule has 0 bridgehead atoms. The maximum absolute atomic E-state index is 13.1. The van der Waals surface area contributed by atoms with Crippen LogP contribution in [0, 0.1) is 25.5 Å². The summed E-state index contributed by atoms with van der Waals surface area (Å²) in [5.74, 6) is 3.56. The molecule has 4 heterocycles. The number of aromatic amines is 2. The number of hydrogen-bond acceptors (Lipinski definition) is 8. The maximum atomic E-state index is 13.1. The van der Waals surface area contributed by atoms with E-state index in [1.54, 1.807) is 51.1 Å². The molecule has 0 unspecified atom stereocenters. The molecule has 0 radical (unpaired) electrons. The van der Waals surface area contributed by atoms with Crippen molar-refractivity contribution in [1.82, 2.24) is 49.5 Å². The van der Waals surface area contributed by atoms with Gasteiger partial charge in [-0.25, -0.2) is 28.7 Å². The highest BCUT2D eigenvalue weighted by atomic mass is 19.1. The van der Waals surface area contributed by atoms with Crippen LogP contribution >= 0.6 is 0 Å². The summed E-state index contributed by atoms with van der Waals surface area (Å²) in [6.45, 7) is 7.90. The van der Waals surface area contributed by atoms with E-state index in [9.17, 15) is 8.78 Å². The number of aryl methyl sites for hydroxylation is 2. The summed E-state index contributed by atoms with van der Waals surface area (Å²) in [4.78, 5) is 17.6. The zero-order chi connectivity index (χ0) is 42.2. The Morgan fingerprint density at radius 2 is 0.967 bits per heavy atom. The number of H-pyrrole nitrogens is 2. The second-order valence-corrected chi connectivity index (χ2v) is 14.1. The normalized spacial score (nSPS) is 12.4. The number of nitrogens with one attached hydrogen (secondary N) is 2. The van der Waals surface area contributed by atoms with Gasteiger partial charge in [0.05, 0.1) is 49.6 Å². The summed E-state index contributed by atoms with van der Waals surface area (Å²) in [6.07, 6.45) is 15.0. The van der Waals surface area contributed by atoms with Crippen molar-refractivity contribution < 1.29 is 18.3 Å². The molecule has 0 saturated heterocycles. The van der Waals surface area contributed by atoms with E-state index < -0.39 is 0 Å². The quantitative estimate of drug-likeness (QED) is 0.125. The third kappa shape index (κ3) is 9.79. The lowest BCUT2D eigenvalue weighted by molar-refractivity contribution is 0.412. The van der Waals surface area contributed by atoms with Gasteiger partial charge in [0.15, 0.2) is 11.6 Å². The Bertz CT molecular complexity index is 2540. The number of ether oxygens (including phenoxy) is 2. The molecule has 4 aromatic heterocycles. The van der Waals surface area contributed by atoms with Gasteiger partial charge in [0.1, 0.15) is 34.8 Å². The van der Waals surface area contributed by atoms with E-state index in [0.29, 0.717) is 11.6 Å². The van der Waals surface area contributed by atoms with Gasteiger partial charge in [-0.15, -0.1) is 0 Å². The van der Waals surface area contributed by atoms with Crippen LogP contribution in [0.4, 0.5) is 8.78 Å². The first-order valence-electron chi connectivity index (χ1n) is 19.2. The van der Waals surface area contributed by atoms with Gasteiger partial charge in [-0.05, 0) is 96.8 Å². The van der Waals surface area contributed by atoms with Crippen LogP contribution in [-0.4, -0.2) is 63.7 Å². The van der Waals surface area contributed by atoms with Gasteiger partial charge in [0.25, 0.3) is 0 Å². The molecule has 8 aromatic rings. The molecule has 0 spiro atoms. The third-order valence-electron chi connectivity index (χ3n) is 9.84. The largest absolute Gasteiger partial charge is 0.495 e. The number of imidazole rings is 2. The Hall–Kier alpha value is -7.48. The van der Waals surface area contributed by atoms with Crippen LogP contribution in [0.5, 0.6) is 11.5 Å². The van der Waals surface area contributed by atoms with Crippen molar-refractivity contribution >= 4 is 24.3 Å². The zero-order valence-corrected chi connectivity index (χ0v) is 34.0. The molecule has 0 saturated carbocycles. The molecular formula is C46H44F2N10O2. The Morgan fingerprint density at radius 1 is 0.567 bits per heavy atom. The van der Waals surface area contributed by atoms with Crippen molar-refractivity contribution in [3.63, 3.8) is 0 Å². The number of benzene rings is 4. The monoisotopic (exact) mass is 806 g/mol. The highest BCUT2D eigenvalue weighted by Gasteiger charge is 2.15. The van der Waals surface area contributed by atoms with Gasteiger partial charge in [0, 0.05) is 24.2 Å². The molecule has 4 aromatic carbocycles. The lowest BCUT2D eigenvalue weighted by Crippen LogP contribution is -1.98. The minimum absolute atomic E-state index is 0.0155. The van der Waals surface area contributed by atoms with E-state index in [1.165, 1.54) is 24.3 Å². The molecule has 2 N–H and O–H groups in total. The molecular weight excluding hydrogens is 763 g/mol. The topological polar surface area (TPSA) is 137 Å². The van der Waals surface area contributed by atoms with Crippen LogP contribution in [0.2, 0.25) is 0 Å². The Balaban J connectivity index is 0.000000181. The average Bonchev–Trinajstić information content (AvgIpc) is 4.11. The molecule has 14 heteroatoms. The number of nitrogens with zero attached hydrogens (tertiary/aromatic N) is 8. The molecule has 2 atom stereocenters. The van der Waals surface area contributed by atoms with Crippen LogP contribution in [0.3, 0.4) is 0 Å². The summed E-state index contributed by atoms with van der Waals surface area (Å²) < 4.78 is 41.2. The number of aromatic nitrogens is 10. The first-order valence-corrected chi connectivity index (χ1v) is 19.2. The van der Waals surface area contributed by atoms with Crippen LogP contribution in [0.15, 0.2) is 110 Å². The summed E-state index contributed by atoms with van der Waals surface area (Å²) in [7, 11) is 3.29. The minimum atomic E-state index is -0.253. The first kappa shape index (κ1) is 40.7. The van der Waals surface area contributed by atoms with Crippen LogP contribution < -0.4 is 9.47 Å². The van der Waals surface area contributed by atoms with Gasteiger partial charge < -0.3 is 18.6 Å². The molecule has 60 heavy (non-hydrogen) atoms. The summed E-state index contributed by atoms with van der Waals surface area (Å²) in [5.41, 5.74) is 7.59. The lowest BCUT2D eigenvalue weighted by Gasteiger charge is -2.09. The van der Waals surface area contributed by atoms with Crippen molar-refractivity contribution in [3.05, 3.63) is 179 Å². The van der Waals surface area contributed by atoms with E-state index in [0.717, 1.165) is 68.2 Å². The second-order valence-electron chi connectivity index (χ2n) is 14.1. The average molecular weight is 807 g/mol. The van der Waals surface area contributed by atoms with Crippen molar-refractivity contribution in [3.8, 4) is 22.9 Å². The minimum Gasteiger partial charge on any atom is -0.495 e. The van der Waals surface area contributed by atoms with Crippen molar-refractivity contribution in [2.75, 3.05) is 14.2 Å². The fraction of sp³-hybridized carbons (Fsp3) is 0.174. The van der Waals surface area contributed by atoms with Gasteiger partial charge in [-0.1, -0.05) is 62.4 Å². The predicted molar refractivity (Wildman–Crippen MR) is 228 cm³/mol. The molecule has 304 valence electrons. The second kappa shape index (κ2) is 18.4. The van der Waals surface area contributed by atoms with Crippen molar-refractivity contribution in [1.29, 1.82) is 0 Å². The SMILES string of the molecule is COc1cc(/C=C/c2n[nH]c([C@@H](C)c3ccc(F)cc3)n2)ccc1-n1cnc(C)c1.COc1cc(/C=C/c2n[nH]c([C@H](C)c3ccc(F)cc3)n2)ccc1-n1cnc(C)c1. The zero-order valence-electron chi connectivity index (χ0n) is 34.0. The van der Waals surface area contributed by atoms with Crippen LogP contribution in [0.25, 0.3) is 35.7 Å². The summed E-state index contributed by atoms with van der Waals surface area (Å²) in [5, 5.41) is 14.5. The van der Waals surface area contributed by atoms with Gasteiger partial charge in [0.2, 0.25) is 0 Å². The van der Waals surface area contributed by atoms with E-state index in [4.69, 9.17) is 9.47 Å². The van der Waals surface area contributed by atoms with Crippen LogP contribution in [0.1, 0.15) is 82.6 Å². The highest BCUT2D eigenvalue weighted by Crippen LogP contribution is 2.28. The Kier molecular flexibility index (Phi) is 12.5. The van der Waals surface area contributed by atoms with E-state index in [1.807, 2.05) is 110 Å². The molecule has 0 aliphatic heterocycles. The van der Waals surface area contributed by atoms with Gasteiger partial charge in [-0.3, -0.25) is 10.2 Å². The lowest BCUT2D eigenvalue weighted by atomic mass is 10.0. The fourth-order valence-electron chi connectivity index (χ4n) is 6.40. The van der Waals surface area contributed by atoms with E-state index in [-0.39, 0.29) is 23.5 Å². The number of hydrogen-bond donors (Lipinski definition) is 2. The standard InChI is InChI=1S/2C23H22FN5O/c2*1-15-13-29(14-25-15)20-10-4-17(12-21(20)30-3)5-11-22-26-23(28-27-22)16(2)18-6-8-19(24)9-7-18/h2*4-14,16H,1-3H3,(H,26,27,28)/b2*11-5+/t2*16-/m10/s1. The third-order valence-corrected chi connectivity index (χ3v) is 9.84. The maximum Gasteiger partial charge on any atom is 0.173 e.